The van der Waals surface area contributed by atoms with E-state index in [-0.39, 0.29) is 5.91 Å². The van der Waals surface area contributed by atoms with Crippen molar-refractivity contribution in [2.24, 2.45) is 0 Å². The third kappa shape index (κ3) is 7.23. The smallest absolute Gasteiger partial charge is 0.230 e. The highest BCUT2D eigenvalue weighted by molar-refractivity contribution is 8.00. The number of nitrogens with one attached hydrogen (secondary N) is 2. The molecule has 19 heavy (non-hydrogen) atoms. The second-order valence-electron chi connectivity index (χ2n) is 4.46. The number of benzene rings is 1. The first-order chi connectivity index (χ1) is 9.26. The average Bonchev–Trinajstić information content (AvgIpc) is 2.44. The van der Waals surface area contributed by atoms with Crippen LogP contribution in [0.15, 0.2) is 29.2 Å². The summed E-state index contributed by atoms with van der Waals surface area (Å²) in [6.45, 7) is 6.94. The Morgan fingerprint density at radius 3 is 2.42 bits per heavy atom. The molecular formula is C15H24N2OS. The number of carbonyl (C=O) groups excluding carboxylic acids is 1. The number of amides is 1. The summed E-state index contributed by atoms with van der Waals surface area (Å²) < 4.78 is 0. The Labute approximate surface area is 120 Å². The molecule has 1 aromatic rings. The van der Waals surface area contributed by atoms with E-state index in [4.69, 9.17) is 0 Å². The minimum Gasteiger partial charge on any atom is -0.355 e. The zero-order chi connectivity index (χ0) is 13.9. The Hall–Kier alpha value is -1.00. The van der Waals surface area contributed by atoms with Gasteiger partial charge in [0.25, 0.3) is 0 Å². The highest BCUT2D eigenvalue weighted by atomic mass is 32.2. The van der Waals surface area contributed by atoms with Gasteiger partial charge in [0, 0.05) is 18.0 Å². The van der Waals surface area contributed by atoms with Gasteiger partial charge in [-0.2, -0.15) is 0 Å². The van der Waals surface area contributed by atoms with Crippen LogP contribution in [0.25, 0.3) is 0 Å². The van der Waals surface area contributed by atoms with Crippen LogP contribution in [-0.4, -0.2) is 24.7 Å². The molecule has 0 bridgehead atoms. The minimum atomic E-state index is 0.112. The molecule has 0 unspecified atom stereocenters. The summed E-state index contributed by atoms with van der Waals surface area (Å²) in [5.74, 6) is 0.605. The van der Waals surface area contributed by atoms with E-state index in [2.05, 4.69) is 48.7 Å². The third-order valence-corrected chi connectivity index (χ3v) is 3.63. The number of carbonyl (C=O) groups is 1. The Bertz CT molecular complexity index is 365. The normalized spacial score (nSPS) is 10.4. The van der Waals surface area contributed by atoms with Gasteiger partial charge in [0.2, 0.25) is 5.91 Å². The quantitative estimate of drug-likeness (QED) is 0.540. The highest BCUT2D eigenvalue weighted by Gasteiger charge is 2.01. The molecule has 106 valence electrons. The second-order valence-corrected chi connectivity index (χ2v) is 5.51. The topological polar surface area (TPSA) is 41.1 Å². The number of hydrogen-bond donors (Lipinski definition) is 2. The van der Waals surface area contributed by atoms with Crippen molar-refractivity contribution >= 4 is 17.7 Å². The van der Waals surface area contributed by atoms with Crippen LogP contribution < -0.4 is 10.6 Å². The SMILES string of the molecule is CCCNCc1ccc(SCC(=O)NCCC)cc1. The second kappa shape index (κ2) is 9.87. The van der Waals surface area contributed by atoms with Gasteiger partial charge < -0.3 is 10.6 Å². The zero-order valence-electron chi connectivity index (χ0n) is 11.9. The first-order valence-corrected chi connectivity index (χ1v) is 7.94. The third-order valence-electron chi connectivity index (χ3n) is 2.62. The fraction of sp³-hybridized carbons (Fsp3) is 0.533. The summed E-state index contributed by atoms with van der Waals surface area (Å²) >= 11 is 1.58. The molecule has 0 aliphatic heterocycles. The largest absolute Gasteiger partial charge is 0.355 e. The van der Waals surface area contributed by atoms with Gasteiger partial charge in [0.1, 0.15) is 0 Å². The van der Waals surface area contributed by atoms with Crippen LogP contribution in [0.1, 0.15) is 32.3 Å². The molecule has 0 aliphatic carbocycles. The number of rotatable bonds is 9. The van der Waals surface area contributed by atoms with Crippen LogP contribution in [0.5, 0.6) is 0 Å². The van der Waals surface area contributed by atoms with Crippen LogP contribution in [-0.2, 0) is 11.3 Å². The van der Waals surface area contributed by atoms with E-state index in [0.717, 1.165) is 37.4 Å². The van der Waals surface area contributed by atoms with E-state index in [1.54, 1.807) is 11.8 Å². The molecule has 0 spiro atoms. The molecule has 1 rings (SSSR count). The summed E-state index contributed by atoms with van der Waals surface area (Å²) in [7, 11) is 0. The van der Waals surface area contributed by atoms with E-state index in [1.165, 1.54) is 5.56 Å². The van der Waals surface area contributed by atoms with E-state index < -0.39 is 0 Å². The molecule has 0 atom stereocenters. The molecule has 3 nitrogen and oxygen atoms in total. The lowest BCUT2D eigenvalue weighted by Gasteiger charge is -2.06. The molecule has 0 aliphatic rings. The summed E-state index contributed by atoms with van der Waals surface area (Å²) in [4.78, 5) is 12.6. The molecule has 0 heterocycles. The van der Waals surface area contributed by atoms with Gasteiger partial charge in [0.15, 0.2) is 0 Å². The minimum absolute atomic E-state index is 0.112. The van der Waals surface area contributed by atoms with E-state index in [0.29, 0.717) is 5.75 Å². The summed E-state index contributed by atoms with van der Waals surface area (Å²) in [6, 6.07) is 8.41. The van der Waals surface area contributed by atoms with Crippen LogP contribution in [0.2, 0.25) is 0 Å². The van der Waals surface area contributed by atoms with Crippen LogP contribution >= 0.6 is 11.8 Å². The summed E-state index contributed by atoms with van der Waals surface area (Å²) in [5.41, 5.74) is 1.29. The maximum absolute atomic E-state index is 11.5. The monoisotopic (exact) mass is 280 g/mol. The molecule has 0 aromatic heterocycles. The van der Waals surface area contributed by atoms with Crippen molar-refractivity contribution in [3.63, 3.8) is 0 Å². The van der Waals surface area contributed by atoms with Gasteiger partial charge in [0.05, 0.1) is 5.75 Å². The van der Waals surface area contributed by atoms with Crippen LogP contribution in [0, 0.1) is 0 Å². The Morgan fingerprint density at radius 1 is 1.11 bits per heavy atom. The fourth-order valence-corrected chi connectivity index (χ4v) is 2.31. The number of hydrogen-bond acceptors (Lipinski definition) is 3. The van der Waals surface area contributed by atoms with Crippen LogP contribution in [0.4, 0.5) is 0 Å². The van der Waals surface area contributed by atoms with Crippen molar-refractivity contribution in [1.82, 2.24) is 10.6 Å². The Balaban J connectivity index is 2.29. The highest BCUT2D eigenvalue weighted by Crippen LogP contribution is 2.18. The predicted octanol–water partition coefficient (Wildman–Crippen LogP) is 2.80. The summed E-state index contributed by atoms with van der Waals surface area (Å²) in [5, 5.41) is 6.25. The lowest BCUT2D eigenvalue weighted by Crippen LogP contribution is -2.25. The van der Waals surface area contributed by atoms with E-state index in [1.807, 2.05) is 0 Å². The first kappa shape index (κ1) is 16.1. The van der Waals surface area contributed by atoms with Gasteiger partial charge in [-0.05, 0) is 37.1 Å². The van der Waals surface area contributed by atoms with Crippen molar-refractivity contribution in [1.29, 1.82) is 0 Å². The van der Waals surface area contributed by atoms with Crippen molar-refractivity contribution in [3.05, 3.63) is 29.8 Å². The van der Waals surface area contributed by atoms with E-state index >= 15 is 0 Å². The van der Waals surface area contributed by atoms with Crippen molar-refractivity contribution < 1.29 is 4.79 Å². The molecule has 1 amide bonds. The Morgan fingerprint density at radius 2 is 1.79 bits per heavy atom. The first-order valence-electron chi connectivity index (χ1n) is 6.95. The molecule has 0 fully saturated rings. The molecular weight excluding hydrogens is 256 g/mol. The van der Waals surface area contributed by atoms with Gasteiger partial charge in [-0.25, -0.2) is 0 Å². The van der Waals surface area contributed by atoms with Gasteiger partial charge >= 0.3 is 0 Å². The van der Waals surface area contributed by atoms with Gasteiger partial charge in [-0.1, -0.05) is 26.0 Å². The van der Waals surface area contributed by atoms with Crippen molar-refractivity contribution in [3.8, 4) is 0 Å². The lowest BCUT2D eigenvalue weighted by atomic mass is 10.2. The van der Waals surface area contributed by atoms with Crippen LogP contribution in [0.3, 0.4) is 0 Å². The molecule has 0 saturated carbocycles. The van der Waals surface area contributed by atoms with Gasteiger partial charge in [-0.15, -0.1) is 11.8 Å². The summed E-state index contributed by atoms with van der Waals surface area (Å²) in [6.07, 6.45) is 2.14. The standard InChI is InChI=1S/C15H24N2OS/c1-3-9-16-11-13-5-7-14(8-6-13)19-12-15(18)17-10-4-2/h5-8,16H,3-4,9-12H2,1-2H3,(H,17,18). The maximum Gasteiger partial charge on any atom is 0.230 e. The van der Waals surface area contributed by atoms with Gasteiger partial charge in [-0.3, -0.25) is 4.79 Å². The van der Waals surface area contributed by atoms with E-state index in [9.17, 15) is 4.79 Å². The number of thioether (sulfide) groups is 1. The zero-order valence-corrected chi connectivity index (χ0v) is 12.7. The maximum atomic E-state index is 11.5. The van der Waals surface area contributed by atoms with Crippen molar-refractivity contribution in [2.45, 2.75) is 38.1 Å². The predicted molar refractivity (Wildman–Crippen MR) is 82.5 cm³/mol. The molecule has 2 N–H and O–H groups in total. The van der Waals surface area contributed by atoms with Crippen molar-refractivity contribution in [2.75, 3.05) is 18.8 Å². The lowest BCUT2D eigenvalue weighted by molar-refractivity contribution is -0.118. The molecule has 0 saturated heterocycles. The molecule has 4 heteroatoms. The Kier molecular flexibility index (Phi) is 8.34. The average molecular weight is 280 g/mol. The fourth-order valence-electron chi connectivity index (χ4n) is 1.58. The molecule has 0 radical (unpaired) electrons. The molecule has 1 aromatic carbocycles.